The predicted octanol–water partition coefficient (Wildman–Crippen LogP) is 2.94. The van der Waals surface area contributed by atoms with E-state index in [9.17, 15) is 4.39 Å². The second kappa shape index (κ2) is 6.67. The highest BCUT2D eigenvalue weighted by molar-refractivity contribution is 5.47. The van der Waals surface area contributed by atoms with Crippen LogP contribution in [-0.2, 0) is 0 Å². The van der Waals surface area contributed by atoms with E-state index < -0.39 is 0 Å². The van der Waals surface area contributed by atoms with Gasteiger partial charge in [0, 0.05) is 24.7 Å². The lowest BCUT2D eigenvalue weighted by Crippen LogP contribution is -2.01. The number of hydrogen-bond donors (Lipinski definition) is 1. The molecule has 0 saturated heterocycles. The third kappa shape index (κ3) is 3.77. The largest absolute Gasteiger partial charge is 0.494 e. The molecule has 1 rings (SSSR count). The van der Waals surface area contributed by atoms with Crippen LogP contribution in [0.25, 0.3) is 0 Å². The van der Waals surface area contributed by atoms with Gasteiger partial charge in [-0.25, -0.2) is 4.39 Å². The monoisotopic (exact) mass is 222 g/mol. The summed E-state index contributed by atoms with van der Waals surface area (Å²) in [5.74, 6) is -0.125. The summed E-state index contributed by atoms with van der Waals surface area (Å²) in [7, 11) is 1.44. The molecular formula is C12H15FN2O. The van der Waals surface area contributed by atoms with Gasteiger partial charge in [-0.15, -0.1) is 0 Å². The van der Waals surface area contributed by atoms with E-state index in [-0.39, 0.29) is 11.6 Å². The third-order valence-corrected chi connectivity index (χ3v) is 2.20. The van der Waals surface area contributed by atoms with Crippen LogP contribution >= 0.6 is 0 Å². The van der Waals surface area contributed by atoms with Gasteiger partial charge in [0.15, 0.2) is 11.6 Å². The van der Waals surface area contributed by atoms with Crippen LogP contribution in [0.1, 0.15) is 19.3 Å². The molecule has 0 atom stereocenters. The summed E-state index contributed by atoms with van der Waals surface area (Å²) in [4.78, 5) is 0. The Bertz CT molecular complexity index is 374. The van der Waals surface area contributed by atoms with Gasteiger partial charge in [0.1, 0.15) is 0 Å². The van der Waals surface area contributed by atoms with E-state index in [0.29, 0.717) is 6.42 Å². The zero-order chi connectivity index (χ0) is 11.8. The molecule has 0 fully saturated rings. The highest BCUT2D eigenvalue weighted by atomic mass is 19.1. The first-order chi connectivity index (χ1) is 7.77. The molecule has 1 aromatic carbocycles. The van der Waals surface area contributed by atoms with Crippen LogP contribution in [0.15, 0.2) is 18.2 Å². The number of nitrogens with zero attached hydrogens (tertiary/aromatic N) is 1. The minimum atomic E-state index is -0.371. The summed E-state index contributed by atoms with van der Waals surface area (Å²) in [5.41, 5.74) is 0.732. The molecule has 0 aliphatic carbocycles. The number of unbranched alkanes of at least 4 members (excludes halogenated alkanes) is 2. The van der Waals surface area contributed by atoms with Crippen molar-refractivity contribution in [3.05, 3.63) is 24.0 Å². The van der Waals surface area contributed by atoms with E-state index in [4.69, 9.17) is 10.00 Å². The molecule has 0 spiro atoms. The topological polar surface area (TPSA) is 45.0 Å². The minimum absolute atomic E-state index is 0.245. The molecule has 4 heteroatoms. The maximum atomic E-state index is 13.3. The quantitative estimate of drug-likeness (QED) is 0.752. The van der Waals surface area contributed by atoms with E-state index in [1.165, 1.54) is 13.2 Å². The van der Waals surface area contributed by atoms with Gasteiger partial charge in [0.2, 0.25) is 0 Å². The molecule has 1 aromatic rings. The highest BCUT2D eigenvalue weighted by Crippen LogP contribution is 2.20. The van der Waals surface area contributed by atoms with Crippen LogP contribution in [0.4, 0.5) is 10.1 Å². The average Bonchev–Trinajstić information content (AvgIpc) is 2.29. The second-order valence-corrected chi connectivity index (χ2v) is 3.39. The predicted molar refractivity (Wildman–Crippen MR) is 60.9 cm³/mol. The number of hydrogen-bond acceptors (Lipinski definition) is 3. The zero-order valence-corrected chi connectivity index (χ0v) is 9.29. The molecule has 0 amide bonds. The molecule has 1 N–H and O–H groups in total. The van der Waals surface area contributed by atoms with Gasteiger partial charge < -0.3 is 10.1 Å². The van der Waals surface area contributed by atoms with Crippen LogP contribution in [0.3, 0.4) is 0 Å². The number of rotatable bonds is 6. The number of anilines is 1. The van der Waals surface area contributed by atoms with Crippen molar-refractivity contribution in [3.8, 4) is 11.8 Å². The molecule has 0 radical (unpaired) electrons. The van der Waals surface area contributed by atoms with Crippen molar-refractivity contribution in [2.75, 3.05) is 19.0 Å². The Labute approximate surface area is 94.8 Å². The Hall–Kier alpha value is -1.76. The fourth-order valence-corrected chi connectivity index (χ4v) is 1.34. The van der Waals surface area contributed by atoms with E-state index >= 15 is 0 Å². The molecule has 3 nitrogen and oxygen atoms in total. The van der Waals surface area contributed by atoms with Gasteiger partial charge in [-0.1, -0.05) is 0 Å². The molecule has 0 bridgehead atoms. The van der Waals surface area contributed by atoms with Crippen molar-refractivity contribution in [1.82, 2.24) is 0 Å². The van der Waals surface area contributed by atoms with Crippen LogP contribution in [-0.4, -0.2) is 13.7 Å². The molecule has 0 unspecified atom stereocenters. The first kappa shape index (κ1) is 12.3. The molecular weight excluding hydrogens is 207 g/mol. The van der Waals surface area contributed by atoms with Gasteiger partial charge in [0.05, 0.1) is 13.2 Å². The second-order valence-electron chi connectivity index (χ2n) is 3.39. The number of nitrogens with one attached hydrogen (secondary N) is 1. The van der Waals surface area contributed by atoms with E-state index in [2.05, 4.69) is 11.4 Å². The maximum absolute atomic E-state index is 13.3. The first-order valence-electron chi connectivity index (χ1n) is 5.22. The number of nitriles is 1. The number of ether oxygens (including phenoxy) is 1. The molecule has 86 valence electrons. The van der Waals surface area contributed by atoms with Crippen molar-refractivity contribution >= 4 is 5.69 Å². The van der Waals surface area contributed by atoms with Gasteiger partial charge >= 0.3 is 0 Å². The van der Waals surface area contributed by atoms with Crippen molar-refractivity contribution in [2.45, 2.75) is 19.3 Å². The summed E-state index contributed by atoms with van der Waals surface area (Å²) in [6, 6.07) is 6.85. The first-order valence-corrected chi connectivity index (χ1v) is 5.22. The van der Waals surface area contributed by atoms with Crippen LogP contribution in [0.5, 0.6) is 5.75 Å². The van der Waals surface area contributed by atoms with Crippen LogP contribution in [0, 0.1) is 17.1 Å². The van der Waals surface area contributed by atoms with E-state index in [1.807, 2.05) is 0 Å². The molecule has 16 heavy (non-hydrogen) atoms. The minimum Gasteiger partial charge on any atom is -0.494 e. The van der Waals surface area contributed by atoms with Gasteiger partial charge in [0.25, 0.3) is 0 Å². The normalized spacial score (nSPS) is 9.56. The number of benzene rings is 1. The molecule has 0 aromatic heterocycles. The SMILES string of the molecule is COc1ccc(NCCCCC#N)cc1F. The van der Waals surface area contributed by atoms with Crippen molar-refractivity contribution in [3.63, 3.8) is 0 Å². The summed E-state index contributed by atoms with van der Waals surface area (Å²) >= 11 is 0. The average molecular weight is 222 g/mol. The van der Waals surface area contributed by atoms with Crippen LogP contribution < -0.4 is 10.1 Å². The lowest BCUT2D eigenvalue weighted by atomic mass is 10.2. The van der Waals surface area contributed by atoms with E-state index in [1.54, 1.807) is 12.1 Å². The zero-order valence-electron chi connectivity index (χ0n) is 9.29. The van der Waals surface area contributed by atoms with Crippen LogP contribution in [0.2, 0.25) is 0 Å². The lowest BCUT2D eigenvalue weighted by molar-refractivity contribution is 0.386. The van der Waals surface area contributed by atoms with Gasteiger partial charge in [-0.3, -0.25) is 0 Å². The molecule has 0 saturated carbocycles. The lowest BCUT2D eigenvalue weighted by Gasteiger charge is -2.07. The number of methoxy groups -OCH3 is 1. The van der Waals surface area contributed by atoms with Gasteiger partial charge in [-0.2, -0.15) is 5.26 Å². The standard InChI is InChI=1S/C12H15FN2O/c1-16-12-6-5-10(9-11(12)13)15-8-4-2-3-7-14/h5-6,9,15H,2-4,8H2,1H3. The summed E-state index contributed by atoms with van der Waals surface area (Å²) in [5, 5.41) is 11.4. The Balaban J connectivity index is 2.38. The molecule has 0 aliphatic rings. The summed E-state index contributed by atoms with van der Waals surface area (Å²) < 4.78 is 18.1. The Kier molecular flexibility index (Phi) is 5.13. The highest BCUT2D eigenvalue weighted by Gasteiger charge is 2.02. The molecule has 0 aliphatic heterocycles. The van der Waals surface area contributed by atoms with Crippen molar-refractivity contribution in [2.24, 2.45) is 0 Å². The van der Waals surface area contributed by atoms with Crippen molar-refractivity contribution < 1.29 is 9.13 Å². The molecule has 0 heterocycles. The number of halogens is 1. The summed E-state index contributed by atoms with van der Waals surface area (Å²) in [6.07, 6.45) is 2.34. The fraction of sp³-hybridized carbons (Fsp3) is 0.417. The third-order valence-electron chi connectivity index (χ3n) is 2.20. The van der Waals surface area contributed by atoms with Gasteiger partial charge in [-0.05, 0) is 25.0 Å². The Morgan fingerprint density at radius 1 is 1.44 bits per heavy atom. The Morgan fingerprint density at radius 2 is 2.25 bits per heavy atom. The Morgan fingerprint density at radius 3 is 2.88 bits per heavy atom. The van der Waals surface area contributed by atoms with Crippen molar-refractivity contribution in [1.29, 1.82) is 5.26 Å². The smallest absolute Gasteiger partial charge is 0.167 e. The fourth-order valence-electron chi connectivity index (χ4n) is 1.34. The summed E-state index contributed by atoms with van der Waals surface area (Å²) in [6.45, 7) is 0.744. The van der Waals surface area contributed by atoms with E-state index in [0.717, 1.165) is 25.1 Å². The maximum Gasteiger partial charge on any atom is 0.167 e.